The van der Waals surface area contributed by atoms with Crippen molar-refractivity contribution >= 4 is 17.2 Å². The Morgan fingerprint density at radius 1 is 1.38 bits per heavy atom. The monoisotopic (exact) mass is 311 g/mol. The van der Waals surface area contributed by atoms with E-state index in [4.69, 9.17) is 5.84 Å². The topological polar surface area (TPSA) is 58.4 Å². The number of rotatable bonds is 8. The van der Waals surface area contributed by atoms with Gasteiger partial charge in [-0.15, -0.1) is 11.3 Å². The molecule has 1 aromatic rings. The van der Waals surface area contributed by atoms with Gasteiger partial charge >= 0.3 is 0 Å². The molecule has 21 heavy (non-hydrogen) atoms. The van der Waals surface area contributed by atoms with Crippen molar-refractivity contribution in [1.82, 2.24) is 10.3 Å². The summed E-state index contributed by atoms with van der Waals surface area (Å²) in [6.45, 7) is 13.1. The summed E-state index contributed by atoms with van der Waals surface area (Å²) in [5.41, 5.74) is 3.45. The van der Waals surface area contributed by atoms with Gasteiger partial charge in [0.05, 0.1) is 4.88 Å². The molecular weight excluding hydrogens is 282 g/mol. The van der Waals surface area contributed by atoms with Crippen LogP contribution in [0, 0.1) is 12.8 Å². The highest BCUT2D eigenvalue weighted by atomic mass is 32.1. The normalized spacial score (nSPS) is 11.7. The number of carbonyl (C=O) groups excluding carboxylic acids is 1. The maximum Gasteiger partial charge on any atom is 0.275 e. The fourth-order valence-electron chi connectivity index (χ4n) is 2.70. The molecule has 0 aliphatic rings. The fourth-order valence-corrected chi connectivity index (χ4v) is 3.63. The smallest absolute Gasteiger partial charge is 0.275 e. The van der Waals surface area contributed by atoms with E-state index >= 15 is 0 Å². The molecule has 0 spiro atoms. The van der Waals surface area contributed by atoms with E-state index in [-0.39, 0.29) is 5.91 Å². The lowest BCUT2D eigenvalue weighted by Crippen LogP contribution is -2.36. The first-order valence-corrected chi connectivity index (χ1v) is 8.58. The van der Waals surface area contributed by atoms with E-state index in [2.05, 4.69) is 44.9 Å². The summed E-state index contributed by atoms with van der Waals surface area (Å²) in [6, 6.07) is 2.58. The molecule has 1 aromatic heterocycles. The summed E-state index contributed by atoms with van der Waals surface area (Å²) in [4.78, 5) is 16.1. The summed E-state index contributed by atoms with van der Waals surface area (Å²) in [5.74, 6) is 5.65. The Balaban J connectivity index is 2.92. The third kappa shape index (κ3) is 5.09. The second-order valence-electron chi connectivity index (χ2n) is 5.96. The van der Waals surface area contributed by atoms with Crippen molar-refractivity contribution in [1.29, 1.82) is 0 Å². The molecule has 0 fully saturated rings. The summed E-state index contributed by atoms with van der Waals surface area (Å²) in [7, 11) is 0. The van der Waals surface area contributed by atoms with Gasteiger partial charge in [-0.1, -0.05) is 27.7 Å². The minimum Gasteiger partial charge on any atom is -0.296 e. The molecule has 5 heteroatoms. The number of carbonyl (C=O) groups is 1. The molecule has 0 aromatic carbocycles. The first-order chi connectivity index (χ1) is 9.92. The van der Waals surface area contributed by atoms with Gasteiger partial charge in [-0.05, 0) is 37.3 Å². The van der Waals surface area contributed by atoms with Gasteiger partial charge in [0.1, 0.15) is 0 Å². The minimum atomic E-state index is -0.202. The highest BCUT2D eigenvalue weighted by molar-refractivity contribution is 7.14. The van der Waals surface area contributed by atoms with Crippen LogP contribution in [0.4, 0.5) is 0 Å². The SMILES string of the molecule is CCC(CC)N(Cc1cc(C(=O)NN)sc1C)CC(C)C. The summed E-state index contributed by atoms with van der Waals surface area (Å²) in [5, 5.41) is 0. The average Bonchev–Trinajstić information content (AvgIpc) is 2.80. The molecule has 1 heterocycles. The van der Waals surface area contributed by atoms with E-state index in [1.807, 2.05) is 6.07 Å². The number of nitrogens with zero attached hydrogens (tertiary/aromatic N) is 1. The molecule has 0 aliphatic carbocycles. The Kier molecular flexibility index (Phi) is 7.35. The minimum absolute atomic E-state index is 0.202. The van der Waals surface area contributed by atoms with Crippen LogP contribution >= 0.6 is 11.3 Å². The van der Waals surface area contributed by atoms with Crippen LogP contribution in [0.25, 0.3) is 0 Å². The van der Waals surface area contributed by atoms with Gasteiger partial charge in [0.2, 0.25) is 0 Å². The lowest BCUT2D eigenvalue weighted by atomic mass is 10.1. The van der Waals surface area contributed by atoms with Crippen molar-refractivity contribution < 1.29 is 4.79 Å². The molecule has 4 nitrogen and oxygen atoms in total. The van der Waals surface area contributed by atoms with Crippen LogP contribution in [0.5, 0.6) is 0 Å². The van der Waals surface area contributed by atoms with E-state index in [0.717, 1.165) is 25.9 Å². The van der Waals surface area contributed by atoms with Gasteiger partial charge in [-0.2, -0.15) is 0 Å². The van der Waals surface area contributed by atoms with Crippen molar-refractivity contribution in [3.63, 3.8) is 0 Å². The Morgan fingerprint density at radius 3 is 2.48 bits per heavy atom. The van der Waals surface area contributed by atoms with Crippen molar-refractivity contribution in [2.75, 3.05) is 6.54 Å². The molecule has 0 unspecified atom stereocenters. The van der Waals surface area contributed by atoms with Crippen LogP contribution in [0.3, 0.4) is 0 Å². The number of nitrogen functional groups attached to an aromatic ring is 1. The second-order valence-corrected chi connectivity index (χ2v) is 7.22. The molecule has 0 saturated carbocycles. The van der Waals surface area contributed by atoms with Gasteiger partial charge in [0.25, 0.3) is 5.91 Å². The van der Waals surface area contributed by atoms with E-state index in [0.29, 0.717) is 16.8 Å². The number of hydrogen-bond donors (Lipinski definition) is 2. The highest BCUT2D eigenvalue weighted by Crippen LogP contribution is 2.25. The maximum atomic E-state index is 11.6. The molecule has 0 radical (unpaired) electrons. The molecule has 1 amide bonds. The summed E-state index contributed by atoms with van der Waals surface area (Å²) >= 11 is 1.52. The zero-order valence-electron chi connectivity index (χ0n) is 13.9. The number of hydrogen-bond acceptors (Lipinski definition) is 4. The van der Waals surface area contributed by atoms with Crippen LogP contribution in [-0.4, -0.2) is 23.4 Å². The fraction of sp³-hybridized carbons (Fsp3) is 0.688. The summed E-state index contributed by atoms with van der Waals surface area (Å²) in [6.07, 6.45) is 2.31. The number of nitrogens with two attached hydrogens (primary N) is 1. The average molecular weight is 311 g/mol. The summed E-state index contributed by atoms with van der Waals surface area (Å²) < 4.78 is 0. The van der Waals surface area contributed by atoms with Crippen molar-refractivity contribution in [3.05, 3.63) is 21.4 Å². The van der Waals surface area contributed by atoms with Crippen LogP contribution in [-0.2, 0) is 6.54 Å². The van der Waals surface area contributed by atoms with Crippen LogP contribution in [0.1, 0.15) is 60.6 Å². The van der Waals surface area contributed by atoms with Gasteiger partial charge < -0.3 is 0 Å². The molecule has 0 saturated heterocycles. The largest absolute Gasteiger partial charge is 0.296 e. The lowest BCUT2D eigenvalue weighted by Gasteiger charge is -2.32. The predicted octanol–water partition coefficient (Wildman–Crippen LogP) is 3.31. The second kappa shape index (κ2) is 8.51. The number of thiophene rings is 1. The van der Waals surface area contributed by atoms with Gasteiger partial charge in [-0.25, -0.2) is 5.84 Å². The molecule has 0 aliphatic heterocycles. The predicted molar refractivity (Wildman–Crippen MR) is 90.3 cm³/mol. The van der Waals surface area contributed by atoms with Crippen LogP contribution in [0.15, 0.2) is 6.07 Å². The first kappa shape index (κ1) is 18.1. The van der Waals surface area contributed by atoms with Gasteiger partial charge in [0.15, 0.2) is 0 Å². The Morgan fingerprint density at radius 2 is 2.00 bits per heavy atom. The standard InChI is InChI=1S/C16H29N3OS/c1-6-14(7-2)19(9-11(3)4)10-13-8-15(16(20)18-17)21-12(13)5/h8,11,14H,6-7,9-10,17H2,1-5H3,(H,18,20). The molecule has 0 atom stereocenters. The van der Waals surface area contributed by atoms with Crippen LogP contribution in [0.2, 0.25) is 0 Å². The Hall–Kier alpha value is -0.910. The lowest BCUT2D eigenvalue weighted by molar-refractivity contribution is 0.0957. The number of amides is 1. The van der Waals surface area contributed by atoms with Gasteiger partial charge in [-0.3, -0.25) is 15.1 Å². The van der Waals surface area contributed by atoms with E-state index in [1.165, 1.54) is 21.8 Å². The van der Waals surface area contributed by atoms with E-state index < -0.39 is 0 Å². The highest BCUT2D eigenvalue weighted by Gasteiger charge is 2.19. The van der Waals surface area contributed by atoms with E-state index in [9.17, 15) is 4.79 Å². The third-order valence-electron chi connectivity index (χ3n) is 3.81. The van der Waals surface area contributed by atoms with Crippen molar-refractivity contribution in [2.45, 2.75) is 60.0 Å². The maximum absolute atomic E-state index is 11.6. The molecular formula is C16H29N3OS. The van der Waals surface area contributed by atoms with Crippen molar-refractivity contribution in [3.8, 4) is 0 Å². The number of nitrogens with one attached hydrogen (secondary N) is 1. The van der Waals surface area contributed by atoms with Crippen molar-refractivity contribution in [2.24, 2.45) is 11.8 Å². The first-order valence-electron chi connectivity index (χ1n) is 7.77. The quantitative estimate of drug-likeness (QED) is 0.440. The molecule has 1 rings (SSSR count). The number of hydrazine groups is 1. The van der Waals surface area contributed by atoms with Crippen LogP contribution < -0.4 is 11.3 Å². The Labute approximate surface area is 132 Å². The van der Waals surface area contributed by atoms with Gasteiger partial charge in [0, 0.05) is 24.0 Å². The van der Waals surface area contributed by atoms with E-state index in [1.54, 1.807) is 0 Å². The third-order valence-corrected chi connectivity index (χ3v) is 4.90. The number of aryl methyl sites for hydroxylation is 1. The molecule has 3 N–H and O–H groups in total. The molecule has 120 valence electrons. The Bertz CT molecular complexity index is 452. The zero-order valence-corrected chi connectivity index (χ0v) is 14.7. The molecule has 0 bridgehead atoms. The zero-order chi connectivity index (χ0) is 16.0.